The molecule has 0 aliphatic heterocycles. The standard InChI is InChI=1S/C17H18N6O3/c24-17(19-7-1-2-9-21-11-8-18-13-21)16-6-10-22(20-16)14-4-3-5-15(12-14)23(25)26/h3-6,8,10-13H,1-2,7,9H2,(H,19,24). The smallest absolute Gasteiger partial charge is 0.271 e. The average molecular weight is 354 g/mol. The number of aromatic nitrogens is 4. The Balaban J connectivity index is 1.51. The number of nitrogens with one attached hydrogen (secondary N) is 1. The quantitative estimate of drug-likeness (QED) is 0.379. The number of carbonyl (C=O) groups excluding carboxylic acids is 1. The number of imidazole rings is 1. The van der Waals surface area contributed by atoms with Crippen molar-refractivity contribution in [2.24, 2.45) is 0 Å². The fourth-order valence-electron chi connectivity index (χ4n) is 2.47. The molecule has 0 radical (unpaired) electrons. The summed E-state index contributed by atoms with van der Waals surface area (Å²) < 4.78 is 3.43. The van der Waals surface area contributed by atoms with Crippen LogP contribution in [0.4, 0.5) is 5.69 Å². The highest BCUT2D eigenvalue weighted by Gasteiger charge is 2.11. The molecule has 0 atom stereocenters. The third-order valence-corrected chi connectivity index (χ3v) is 3.81. The number of rotatable bonds is 8. The summed E-state index contributed by atoms with van der Waals surface area (Å²) in [5.74, 6) is -0.267. The van der Waals surface area contributed by atoms with Crippen molar-refractivity contribution in [1.82, 2.24) is 24.6 Å². The summed E-state index contributed by atoms with van der Waals surface area (Å²) in [5, 5.41) is 17.9. The van der Waals surface area contributed by atoms with Crippen LogP contribution in [-0.4, -0.2) is 36.7 Å². The lowest BCUT2D eigenvalue weighted by Gasteiger charge is -2.04. The van der Waals surface area contributed by atoms with Crippen molar-refractivity contribution < 1.29 is 9.72 Å². The SMILES string of the molecule is O=C(NCCCCn1ccnc1)c1ccn(-c2cccc([N+](=O)[O-])c2)n1. The van der Waals surface area contributed by atoms with Crippen LogP contribution in [0.2, 0.25) is 0 Å². The number of nitro benzene ring substituents is 1. The van der Waals surface area contributed by atoms with Gasteiger partial charge >= 0.3 is 0 Å². The minimum absolute atomic E-state index is 0.0260. The molecule has 9 heteroatoms. The van der Waals surface area contributed by atoms with Gasteiger partial charge in [-0.05, 0) is 25.0 Å². The number of hydrogen-bond acceptors (Lipinski definition) is 5. The van der Waals surface area contributed by atoms with Crippen molar-refractivity contribution >= 4 is 11.6 Å². The number of unbranched alkanes of at least 4 members (excludes halogenated alkanes) is 1. The van der Waals surface area contributed by atoms with Crippen LogP contribution in [0.5, 0.6) is 0 Å². The number of nitrogens with zero attached hydrogens (tertiary/aromatic N) is 5. The van der Waals surface area contributed by atoms with Gasteiger partial charge in [-0.3, -0.25) is 14.9 Å². The van der Waals surface area contributed by atoms with Gasteiger partial charge in [-0.1, -0.05) is 6.07 Å². The molecule has 0 aliphatic carbocycles. The van der Waals surface area contributed by atoms with Crippen molar-refractivity contribution in [1.29, 1.82) is 0 Å². The van der Waals surface area contributed by atoms with Crippen LogP contribution in [-0.2, 0) is 6.54 Å². The number of non-ortho nitro benzene ring substituents is 1. The molecule has 2 heterocycles. The van der Waals surface area contributed by atoms with Crippen molar-refractivity contribution in [3.63, 3.8) is 0 Å². The molecule has 26 heavy (non-hydrogen) atoms. The molecule has 0 saturated carbocycles. The monoisotopic (exact) mass is 354 g/mol. The summed E-state index contributed by atoms with van der Waals surface area (Å²) in [6.45, 7) is 1.41. The van der Waals surface area contributed by atoms with Crippen LogP contribution in [0.3, 0.4) is 0 Å². The predicted octanol–water partition coefficient (Wildman–Crippen LogP) is 2.19. The van der Waals surface area contributed by atoms with E-state index in [9.17, 15) is 14.9 Å². The van der Waals surface area contributed by atoms with Gasteiger partial charge in [0.2, 0.25) is 0 Å². The zero-order valence-electron chi connectivity index (χ0n) is 14.0. The highest BCUT2D eigenvalue weighted by Crippen LogP contribution is 2.16. The number of aryl methyl sites for hydroxylation is 1. The van der Waals surface area contributed by atoms with Gasteiger partial charge in [-0.25, -0.2) is 9.67 Å². The second kappa shape index (κ2) is 8.06. The number of nitro groups is 1. The van der Waals surface area contributed by atoms with E-state index in [2.05, 4.69) is 15.4 Å². The van der Waals surface area contributed by atoms with Gasteiger partial charge in [-0.15, -0.1) is 0 Å². The van der Waals surface area contributed by atoms with Gasteiger partial charge in [0, 0.05) is 43.8 Å². The molecule has 0 fully saturated rings. The normalized spacial score (nSPS) is 10.6. The Hall–Kier alpha value is -3.49. The first-order valence-electron chi connectivity index (χ1n) is 8.18. The molecule has 2 aromatic heterocycles. The highest BCUT2D eigenvalue weighted by atomic mass is 16.6. The van der Waals surface area contributed by atoms with Crippen molar-refractivity contribution in [2.45, 2.75) is 19.4 Å². The molecular weight excluding hydrogens is 336 g/mol. The largest absolute Gasteiger partial charge is 0.351 e. The van der Waals surface area contributed by atoms with Crippen LogP contribution >= 0.6 is 0 Å². The molecule has 1 N–H and O–H groups in total. The molecule has 1 aromatic carbocycles. The fraction of sp³-hybridized carbons (Fsp3) is 0.235. The molecule has 0 bridgehead atoms. The van der Waals surface area contributed by atoms with Crippen molar-refractivity contribution in [2.75, 3.05) is 6.54 Å². The average Bonchev–Trinajstić information content (AvgIpc) is 3.33. The minimum atomic E-state index is -0.468. The van der Waals surface area contributed by atoms with E-state index in [1.165, 1.54) is 16.8 Å². The zero-order chi connectivity index (χ0) is 18.4. The molecule has 0 aliphatic rings. The van der Waals surface area contributed by atoms with Gasteiger partial charge in [0.05, 0.1) is 16.9 Å². The molecule has 3 aromatic rings. The summed E-state index contributed by atoms with van der Waals surface area (Å²) in [6, 6.07) is 7.67. The van der Waals surface area contributed by atoms with Gasteiger partial charge in [0.15, 0.2) is 5.69 Å². The van der Waals surface area contributed by atoms with E-state index in [0.29, 0.717) is 12.2 Å². The van der Waals surface area contributed by atoms with Gasteiger partial charge < -0.3 is 9.88 Å². The molecule has 9 nitrogen and oxygen atoms in total. The second-order valence-electron chi connectivity index (χ2n) is 5.69. The predicted molar refractivity (Wildman–Crippen MR) is 94.0 cm³/mol. The van der Waals surface area contributed by atoms with Crippen molar-refractivity contribution in [3.8, 4) is 5.69 Å². The van der Waals surface area contributed by atoms with Crippen LogP contribution < -0.4 is 5.32 Å². The van der Waals surface area contributed by atoms with Gasteiger partial charge in [0.1, 0.15) is 0 Å². The molecular formula is C17H18N6O3. The van der Waals surface area contributed by atoms with E-state index in [0.717, 1.165) is 19.4 Å². The van der Waals surface area contributed by atoms with Gasteiger partial charge in [0.25, 0.3) is 11.6 Å². The fourth-order valence-corrected chi connectivity index (χ4v) is 2.47. The summed E-state index contributed by atoms with van der Waals surface area (Å²) in [5.41, 5.74) is 0.770. The minimum Gasteiger partial charge on any atom is -0.351 e. The molecule has 0 unspecified atom stereocenters. The number of benzene rings is 1. The molecule has 1 amide bonds. The maximum absolute atomic E-state index is 12.1. The van der Waals surface area contributed by atoms with Crippen LogP contribution in [0.1, 0.15) is 23.3 Å². The first kappa shape index (κ1) is 17.3. The second-order valence-corrected chi connectivity index (χ2v) is 5.69. The van der Waals surface area contributed by atoms with E-state index in [1.807, 2.05) is 10.8 Å². The summed E-state index contributed by atoms with van der Waals surface area (Å²) in [4.78, 5) is 26.5. The number of hydrogen-bond donors (Lipinski definition) is 1. The van der Waals surface area contributed by atoms with E-state index in [-0.39, 0.29) is 17.3 Å². The van der Waals surface area contributed by atoms with Crippen LogP contribution in [0.15, 0.2) is 55.2 Å². The Labute approximate surface area is 149 Å². The summed E-state index contributed by atoms with van der Waals surface area (Å²) >= 11 is 0. The third kappa shape index (κ3) is 4.32. The van der Waals surface area contributed by atoms with E-state index >= 15 is 0 Å². The van der Waals surface area contributed by atoms with Crippen LogP contribution in [0.25, 0.3) is 5.69 Å². The zero-order valence-corrected chi connectivity index (χ0v) is 14.0. The highest BCUT2D eigenvalue weighted by molar-refractivity contribution is 5.92. The Morgan fingerprint density at radius 2 is 2.12 bits per heavy atom. The Morgan fingerprint density at radius 1 is 1.23 bits per heavy atom. The number of carbonyl (C=O) groups is 1. The third-order valence-electron chi connectivity index (χ3n) is 3.81. The lowest BCUT2D eigenvalue weighted by atomic mass is 10.3. The Kier molecular flexibility index (Phi) is 5.37. The van der Waals surface area contributed by atoms with Gasteiger partial charge in [-0.2, -0.15) is 5.10 Å². The lowest BCUT2D eigenvalue weighted by Crippen LogP contribution is -2.25. The Morgan fingerprint density at radius 3 is 2.88 bits per heavy atom. The molecule has 0 spiro atoms. The van der Waals surface area contributed by atoms with E-state index < -0.39 is 4.92 Å². The van der Waals surface area contributed by atoms with Crippen molar-refractivity contribution in [3.05, 3.63) is 71.1 Å². The summed E-state index contributed by atoms with van der Waals surface area (Å²) in [6.07, 6.45) is 8.78. The van der Waals surface area contributed by atoms with Crippen LogP contribution in [0, 0.1) is 10.1 Å². The lowest BCUT2D eigenvalue weighted by molar-refractivity contribution is -0.384. The molecule has 3 rings (SSSR count). The topological polar surface area (TPSA) is 108 Å². The maximum Gasteiger partial charge on any atom is 0.271 e. The summed E-state index contributed by atoms with van der Waals surface area (Å²) in [7, 11) is 0. The molecule has 0 saturated heterocycles. The number of amides is 1. The van der Waals surface area contributed by atoms with E-state index in [1.54, 1.807) is 36.9 Å². The van der Waals surface area contributed by atoms with E-state index in [4.69, 9.17) is 0 Å². The first-order valence-corrected chi connectivity index (χ1v) is 8.18. The molecule has 134 valence electrons. The maximum atomic E-state index is 12.1. The Bertz CT molecular complexity index is 888. The first-order chi connectivity index (χ1) is 12.6.